The molecule has 1 saturated heterocycles. The summed E-state index contributed by atoms with van der Waals surface area (Å²) >= 11 is 0. The van der Waals surface area contributed by atoms with Gasteiger partial charge in [-0.25, -0.2) is 0 Å². The zero-order chi connectivity index (χ0) is 8.60. The van der Waals surface area contributed by atoms with E-state index in [1.165, 1.54) is 38.8 Å². The van der Waals surface area contributed by atoms with E-state index in [4.69, 9.17) is 0 Å². The lowest BCUT2D eigenvalue weighted by atomic mass is 9.68. The average molecular weight is 168 g/mol. The highest BCUT2D eigenvalue weighted by Crippen LogP contribution is 2.40. The monoisotopic (exact) mass is 168 g/mol. The van der Waals surface area contributed by atoms with Crippen molar-refractivity contribution in [2.75, 3.05) is 27.2 Å². The summed E-state index contributed by atoms with van der Waals surface area (Å²) in [5.41, 5.74) is 0.729. The van der Waals surface area contributed by atoms with Crippen molar-refractivity contribution in [2.45, 2.75) is 31.7 Å². The second kappa shape index (κ2) is 3.00. The topological polar surface area (TPSA) is 15.3 Å². The van der Waals surface area contributed by atoms with Crippen molar-refractivity contribution in [3.8, 4) is 0 Å². The van der Waals surface area contributed by atoms with Gasteiger partial charge in [0.05, 0.1) is 0 Å². The summed E-state index contributed by atoms with van der Waals surface area (Å²) in [6.45, 7) is 2.57. The molecule has 12 heavy (non-hydrogen) atoms. The van der Waals surface area contributed by atoms with Gasteiger partial charge in [-0.15, -0.1) is 0 Å². The molecule has 2 heteroatoms. The fourth-order valence-electron chi connectivity index (χ4n) is 2.56. The van der Waals surface area contributed by atoms with Crippen LogP contribution in [0.25, 0.3) is 0 Å². The van der Waals surface area contributed by atoms with E-state index in [-0.39, 0.29) is 0 Å². The van der Waals surface area contributed by atoms with Crippen LogP contribution < -0.4 is 5.32 Å². The van der Waals surface area contributed by atoms with E-state index in [1.807, 2.05) is 0 Å². The molecule has 0 aromatic carbocycles. The standard InChI is InChI=1S/C10H20N2/c1-12(2)9-3-5-10(6-4-9)7-11-8-10/h9,11H,3-8H2,1-2H3. The Morgan fingerprint density at radius 1 is 1.17 bits per heavy atom. The highest BCUT2D eigenvalue weighted by atomic mass is 15.1. The molecule has 0 unspecified atom stereocenters. The Hall–Kier alpha value is -0.0800. The Labute approximate surface area is 75.3 Å². The fraction of sp³-hybridized carbons (Fsp3) is 1.00. The van der Waals surface area contributed by atoms with E-state index in [1.54, 1.807) is 0 Å². The number of nitrogens with zero attached hydrogens (tertiary/aromatic N) is 1. The van der Waals surface area contributed by atoms with Crippen molar-refractivity contribution in [2.24, 2.45) is 5.41 Å². The van der Waals surface area contributed by atoms with Gasteiger partial charge in [0.2, 0.25) is 0 Å². The highest BCUT2D eigenvalue weighted by Gasteiger charge is 2.40. The van der Waals surface area contributed by atoms with E-state index < -0.39 is 0 Å². The molecule has 2 fully saturated rings. The predicted octanol–water partition coefficient (Wildman–Crippen LogP) is 1.08. The number of rotatable bonds is 1. The van der Waals surface area contributed by atoms with Gasteiger partial charge in [0.1, 0.15) is 0 Å². The van der Waals surface area contributed by atoms with Crippen LogP contribution in [-0.4, -0.2) is 38.1 Å². The van der Waals surface area contributed by atoms with Gasteiger partial charge in [-0.1, -0.05) is 0 Å². The van der Waals surface area contributed by atoms with Gasteiger partial charge in [-0.05, 0) is 45.2 Å². The molecule has 0 aromatic heterocycles. The molecule has 2 aliphatic rings. The molecule has 1 heterocycles. The SMILES string of the molecule is CN(C)C1CCC2(CC1)CNC2. The second-order valence-electron chi connectivity index (χ2n) is 4.80. The van der Waals surface area contributed by atoms with Crippen LogP contribution in [0, 0.1) is 5.41 Å². The number of hydrogen-bond acceptors (Lipinski definition) is 2. The minimum atomic E-state index is 0.729. The molecular weight excluding hydrogens is 148 g/mol. The maximum absolute atomic E-state index is 3.40. The van der Waals surface area contributed by atoms with Crippen molar-refractivity contribution < 1.29 is 0 Å². The summed E-state index contributed by atoms with van der Waals surface area (Å²) in [6.07, 6.45) is 5.72. The predicted molar refractivity (Wildman–Crippen MR) is 51.2 cm³/mol. The quantitative estimate of drug-likeness (QED) is 0.630. The molecule has 0 aromatic rings. The van der Waals surface area contributed by atoms with Crippen molar-refractivity contribution in [1.29, 1.82) is 0 Å². The molecule has 2 rings (SSSR count). The van der Waals surface area contributed by atoms with Gasteiger partial charge in [-0.2, -0.15) is 0 Å². The minimum Gasteiger partial charge on any atom is -0.316 e. The van der Waals surface area contributed by atoms with E-state index in [9.17, 15) is 0 Å². The van der Waals surface area contributed by atoms with Gasteiger partial charge in [0.25, 0.3) is 0 Å². The molecule has 2 nitrogen and oxygen atoms in total. The molecule has 1 aliphatic carbocycles. The summed E-state index contributed by atoms with van der Waals surface area (Å²) in [6, 6.07) is 0.858. The second-order valence-corrected chi connectivity index (χ2v) is 4.80. The summed E-state index contributed by atoms with van der Waals surface area (Å²) in [4.78, 5) is 2.39. The fourth-order valence-corrected chi connectivity index (χ4v) is 2.56. The minimum absolute atomic E-state index is 0.729. The Kier molecular flexibility index (Phi) is 2.13. The smallest absolute Gasteiger partial charge is 0.00896 e. The molecule has 0 atom stereocenters. The largest absolute Gasteiger partial charge is 0.316 e. The Morgan fingerprint density at radius 2 is 1.75 bits per heavy atom. The van der Waals surface area contributed by atoms with Crippen molar-refractivity contribution >= 4 is 0 Å². The Morgan fingerprint density at radius 3 is 2.08 bits per heavy atom. The normalized spacial score (nSPS) is 29.2. The maximum atomic E-state index is 3.40. The Balaban J connectivity index is 1.84. The first kappa shape index (κ1) is 8.52. The van der Waals surface area contributed by atoms with E-state index in [2.05, 4.69) is 24.3 Å². The lowest BCUT2D eigenvalue weighted by Gasteiger charge is -2.48. The van der Waals surface area contributed by atoms with Crippen LogP contribution in [0.2, 0.25) is 0 Å². The third-order valence-corrected chi connectivity index (χ3v) is 3.75. The lowest BCUT2D eigenvalue weighted by Crippen LogP contribution is -2.56. The molecule has 70 valence electrons. The third kappa shape index (κ3) is 1.38. The van der Waals surface area contributed by atoms with E-state index in [0.717, 1.165) is 11.5 Å². The van der Waals surface area contributed by atoms with Crippen molar-refractivity contribution in [1.82, 2.24) is 10.2 Å². The van der Waals surface area contributed by atoms with Crippen LogP contribution in [0.4, 0.5) is 0 Å². The molecule has 1 saturated carbocycles. The summed E-state index contributed by atoms with van der Waals surface area (Å²) in [5, 5.41) is 3.40. The highest BCUT2D eigenvalue weighted by molar-refractivity contribution is 4.96. The first-order valence-electron chi connectivity index (χ1n) is 5.09. The van der Waals surface area contributed by atoms with Crippen molar-refractivity contribution in [3.63, 3.8) is 0 Å². The maximum Gasteiger partial charge on any atom is 0.00896 e. The van der Waals surface area contributed by atoms with Gasteiger partial charge < -0.3 is 10.2 Å². The van der Waals surface area contributed by atoms with Crippen LogP contribution >= 0.6 is 0 Å². The molecule has 1 spiro atoms. The number of hydrogen-bond donors (Lipinski definition) is 1. The lowest BCUT2D eigenvalue weighted by molar-refractivity contribution is 0.0667. The summed E-state index contributed by atoms with van der Waals surface area (Å²) < 4.78 is 0. The van der Waals surface area contributed by atoms with E-state index in [0.29, 0.717) is 0 Å². The average Bonchev–Trinajstić information content (AvgIpc) is 2.02. The molecule has 0 bridgehead atoms. The van der Waals surface area contributed by atoms with Gasteiger partial charge in [-0.3, -0.25) is 0 Å². The van der Waals surface area contributed by atoms with Gasteiger partial charge >= 0.3 is 0 Å². The zero-order valence-electron chi connectivity index (χ0n) is 8.27. The first-order valence-corrected chi connectivity index (χ1v) is 5.09. The van der Waals surface area contributed by atoms with Crippen LogP contribution in [0.5, 0.6) is 0 Å². The van der Waals surface area contributed by atoms with Crippen LogP contribution in [0.3, 0.4) is 0 Å². The van der Waals surface area contributed by atoms with Crippen LogP contribution in [0.1, 0.15) is 25.7 Å². The molecular formula is C10H20N2. The molecule has 0 radical (unpaired) electrons. The van der Waals surface area contributed by atoms with Crippen LogP contribution in [-0.2, 0) is 0 Å². The molecule has 1 N–H and O–H groups in total. The number of nitrogens with one attached hydrogen (secondary N) is 1. The van der Waals surface area contributed by atoms with Gasteiger partial charge in [0.15, 0.2) is 0 Å². The van der Waals surface area contributed by atoms with Crippen molar-refractivity contribution in [3.05, 3.63) is 0 Å². The summed E-state index contributed by atoms with van der Waals surface area (Å²) in [5.74, 6) is 0. The molecule has 0 amide bonds. The Bertz CT molecular complexity index is 151. The zero-order valence-corrected chi connectivity index (χ0v) is 8.27. The first-order chi connectivity index (χ1) is 5.72. The third-order valence-electron chi connectivity index (χ3n) is 3.75. The van der Waals surface area contributed by atoms with Gasteiger partial charge in [0, 0.05) is 19.1 Å². The summed E-state index contributed by atoms with van der Waals surface area (Å²) in [7, 11) is 4.42. The van der Waals surface area contributed by atoms with E-state index >= 15 is 0 Å². The molecule has 1 aliphatic heterocycles. The van der Waals surface area contributed by atoms with Crippen LogP contribution in [0.15, 0.2) is 0 Å².